The highest BCUT2D eigenvalue weighted by molar-refractivity contribution is 6.01. The van der Waals surface area contributed by atoms with Gasteiger partial charge in [0.15, 0.2) is 0 Å². The number of methoxy groups -OCH3 is 2. The molecule has 1 aliphatic heterocycles. The number of carboxylic acids is 1. The molecule has 1 aromatic carbocycles. The third-order valence-corrected chi connectivity index (χ3v) is 3.81. The molecule has 0 unspecified atom stereocenters. The van der Waals surface area contributed by atoms with Gasteiger partial charge in [-0.1, -0.05) is 0 Å². The first kappa shape index (κ1) is 17.6. The maximum Gasteiger partial charge on any atom is 0.305 e. The maximum atomic E-state index is 12.3. The van der Waals surface area contributed by atoms with Gasteiger partial charge in [0.25, 0.3) is 0 Å². The molecule has 1 atom stereocenters. The van der Waals surface area contributed by atoms with Crippen LogP contribution in [0, 0.1) is 5.92 Å². The van der Waals surface area contributed by atoms with E-state index in [4.69, 9.17) is 14.6 Å². The molecule has 24 heavy (non-hydrogen) atoms. The van der Waals surface area contributed by atoms with Gasteiger partial charge in [0.1, 0.15) is 11.5 Å². The Balaban J connectivity index is 2.07. The Bertz CT molecular complexity index is 645. The molecule has 1 fully saturated rings. The summed E-state index contributed by atoms with van der Waals surface area (Å²) in [4.78, 5) is 36.3. The van der Waals surface area contributed by atoms with Crippen molar-refractivity contribution in [2.75, 3.05) is 32.2 Å². The van der Waals surface area contributed by atoms with Crippen LogP contribution in [0.5, 0.6) is 11.5 Å². The SMILES string of the molecule is COc1ccc(N2C[C@H](C(=O)NCCC(=O)O)CC2=O)c(OC)c1. The topological polar surface area (TPSA) is 105 Å². The molecule has 1 saturated heterocycles. The van der Waals surface area contributed by atoms with Gasteiger partial charge in [0, 0.05) is 25.6 Å². The molecule has 8 heteroatoms. The van der Waals surface area contributed by atoms with Crippen molar-refractivity contribution in [2.45, 2.75) is 12.8 Å². The summed E-state index contributed by atoms with van der Waals surface area (Å²) in [6.45, 7) is 0.269. The Morgan fingerprint density at radius 1 is 1.33 bits per heavy atom. The lowest BCUT2D eigenvalue weighted by Gasteiger charge is -2.20. The summed E-state index contributed by atoms with van der Waals surface area (Å²) in [6.07, 6.45) is -0.0729. The number of carbonyl (C=O) groups is 3. The molecule has 2 amide bonds. The number of anilines is 1. The zero-order chi connectivity index (χ0) is 17.7. The molecule has 8 nitrogen and oxygen atoms in total. The number of carboxylic acid groups (broad SMARTS) is 1. The van der Waals surface area contributed by atoms with Gasteiger partial charge in [-0.05, 0) is 12.1 Å². The summed E-state index contributed by atoms with van der Waals surface area (Å²) >= 11 is 0. The highest BCUT2D eigenvalue weighted by Crippen LogP contribution is 2.35. The monoisotopic (exact) mass is 336 g/mol. The third kappa shape index (κ3) is 3.95. The van der Waals surface area contributed by atoms with E-state index in [1.54, 1.807) is 18.2 Å². The second-order valence-electron chi connectivity index (χ2n) is 5.38. The molecule has 1 aliphatic rings. The van der Waals surface area contributed by atoms with Crippen LogP contribution in [0.4, 0.5) is 5.69 Å². The second kappa shape index (κ2) is 7.67. The van der Waals surface area contributed by atoms with Crippen LogP contribution in [0.3, 0.4) is 0 Å². The standard InChI is InChI=1S/C16H20N2O6/c1-23-11-3-4-12(13(8-11)24-2)18-9-10(7-14(18)19)16(22)17-6-5-15(20)21/h3-4,8,10H,5-7,9H2,1-2H3,(H,17,22)(H,20,21)/t10-/m1/s1. The third-order valence-electron chi connectivity index (χ3n) is 3.81. The van der Waals surface area contributed by atoms with Crippen molar-refractivity contribution in [1.82, 2.24) is 5.32 Å². The van der Waals surface area contributed by atoms with Crippen LogP contribution in [-0.2, 0) is 14.4 Å². The molecule has 2 N–H and O–H groups in total. The van der Waals surface area contributed by atoms with Crippen molar-refractivity contribution in [1.29, 1.82) is 0 Å². The summed E-state index contributed by atoms with van der Waals surface area (Å²) in [5.41, 5.74) is 0.573. The van der Waals surface area contributed by atoms with E-state index >= 15 is 0 Å². The minimum absolute atomic E-state index is 0.0463. The summed E-state index contributed by atoms with van der Waals surface area (Å²) in [5.74, 6) is -0.920. The molecule has 2 rings (SSSR count). The van der Waals surface area contributed by atoms with E-state index in [0.717, 1.165) is 0 Å². The zero-order valence-electron chi connectivity index (χ0n) is 13.6. The minimum Gasteiger partial charge on any atom is -0.497 e. The van der Waals surface area contributed by atoms with Gasteiger partial charge >= 0.3 is 5.97 Å². The van der Waals surface area contributed by atoms with Gasteiger partial charge in [-0.15, -0.1) is 0 Å². The Labute approximate surface area is 139 Å². The van der Waals surface area contributed by atoms with E-state index in [-0.39, 0.29) is 37.7 Å². The summed E-state index contributed by atoms with van der Waals surface area (Å²) in [5, 5.41) is 11.1. The number of carbonyl (C=O) groups excluding carboxylic acids is 2. The predicted molar refractivity (Wildman–Crippen MR) is 85.3 cm³/mol. The number of hydrogen-bond acceptors (Lipinski definition) is 5. The van der Waals surface area contributed by atoms with E-state index < -0.39 is 11.9 Å². The average molecular weight is 336 g/mol. The predicted octanol–water partition coefficient (Wildman–Crippen LogP) is 0.648. The van der Waals surface area contributed by atoms with Crippen molar-refractivity contribution in [2.24, 2.45) is 5.92 Å². The molecular formula is C16H20N2O6. The normalized spacial score (nSPS) is 16.8. The van der Waals surface area contributed by atoms with Crippen molar-refractivity contribution in [3.63, 3.8) is 0 Å². The first-order chi connectivity index (χ1) is 11.5. The molecule has 1 aromatic rings. The number of benzene rings is 1. The molecule has 0 aliphatic carbocycles. The van der Waals surface area contributed by atoms with Crippen molar-refractivity contribution in [3.05, 3.63) is 18.2 Å². The van der Waals surface area contributed by atoms with Gasteiger partial charge < -0.3 is 24.8 Å². The van der Waals surface area contributed by atoms with Crippen molar-refractivity contribution >= 4 is 23.5 Å². The van der Waals surface area contributed by atoms with Crippen LogP contribution < -0.4 is 19.7 Å². The first-order valence-electron chi connectivity index (χ1n) is 7.48. The molecule has 0 radical (unpaired) electrons. The lowest BCUT2D eigenvalue weighted by molar-refractivity contribution is -0.137. The Morgan fingerprint density at radius 3 is 2.71 bits per heavy atom. The highest BCUT2D eigenvalue weighted by atomic mass is 16.5. The molecule has 130 valence electrons. The average Bonchev–Trinajstić information content (AvgIpc) is 2.95. The van der Waals surface area contributed by atoms with Crippen LogP contribution in [-0.4, -0.2) is 50.2 Å². The lowest BCUT2D eigenvalue weighted by atomic mass is 10.1. The van der Waals surface area contributed by atoms with Crippen molar-refractivity contribution in [3.8, 4) is 11.5 Å². The zero-order valence-corrected chi connectivity index (χ0v) is 13.6. The summed E-state index contributed by atoms with van der Waals surface area (Å²) in [7, 11) is 3.03. The number of aliphatic carboxylic acids is 1. The first-order valence-corrected chi connectivity index (χ1v) is 7.48. The van der Waals surface area contributed by atoms with Gasteiger partial charge in [0.2, 0.25) is 11.8 Å². The fourth-order valence-electron chi connectivity index (χ4n) is 2.56. The largest absolute Gasteiger partial charge is 0.497 e. The van der Waals surface area contributed by atoms with E-state index in [9.17, 15) is 14.4 Å². The fraction of sp³-hybridized carbons (Fsp3) is 0.438. The van der Waals surface area contributed by atoms with Crippen LogP contribution in [0.1, 0.15) is 12.8 Å². The lowest BCUT2D eigenvalue weighted by Crippen LogP contribution is -2.34. The molecule has 1 heterocycles. The number of ether oxygens (including phenoxy) is 2. The Kier molecular flexibility index (Phi) is 5.62. The maximum absolute atomic E-state index is 12.3. The van der Waals surface area contributed by atoms with Gasteiger partial charge in [-0.2, -0.15) is 0 Å². The van der Waals surface area contributed by atoms with Gasteiger partial charge in [-0.25, -0.2) is 0 Å². The van der Waals surface area contributed by atoms with Crippen molar-refractivity contribution < 1.29 is 29.0 Å². The van der Waals surface area contributed by atoms with E-state index in [2.05, 4.69) is 5.32 Å². The van der Waals surface area contributed by atoms with E-state index in [1.165, 1.54) is 19.1 Å². The highest BCUT2D eigenvalue weighted by Gasteiger charge is 2.36. The van der Waals surface area contributed by atoms with Crippen LogP contribution >= 0.6 is 0 Å². The van der Waals surface area contributed by atoms with E-state index in [1.807, 2.05) is 0 Å². The summed E-state index contributed by atoms with van der Waals surface area (Å²) in [6, 6.07) is 5.09. The van der Waals surface area contributed by atoms with E-state index in [0.29, 0.717) is 17.2 Å². The van der Waals surface area contributed by atoms with Crippen LogP contribution in [0.25, 0.3) is 0 Å². The fourth-order valence-corrected chi connectivity index (χ4v) is 2.56. The van der Waals surface area contributed by atoms with Gasteiger partial charge in [-0.3, -0.25) is 14.4 Å². The Hall–Kier alpha value is -2.77. The van der Waals surface area contributed by atoms with Crippen LogP contribution in [0.2, 0.25) is 0 Å². The number of rotatable bonds is 7. The van der Waals surface area contributed by atoms with Crippen LogP contribution in [0.15, 0.2) is 18.2 Å². The van der Waals surface area contributed by atoms with Gasteiger partial charge in [0.05, 0.1) is 32.2 Å². The second-order valence-corrected chi connectivity index (χ2v) is 5.38. The minimum atomic E-state index is -0.984. The number of nitrogens with zero attached hydrogens (tertiary/aromatic N) is 1. The smallest absolute Gasteiger partial charge is 0.305 e. The summed E-state index contributed by atoms with van der Waals surface area (Å²) < 4.78 is 10.4. The molecule has 0 spiro atoms. The number of amides is 2. The quantitative estimate of drug-likeness (QED) is 0.757. The molecule has 0 bridgehead atoms. The Morgan fingerprint density at radius 2 is 2.08 bits per heavy atom. The molecule has 0 saturated carbocycles. The molecular weight excluding hydrogens is 316 g/mol. The number of hydrogen-bond donors (Lipinski definition) is 2. The number of nitrogens with one attached hydrogen (secondary N) is 1. The molecule has 0 aromatic heterocycles.